The number of nitrogens with zero attached hydrogens (tertiary/aromatic N) is 1. The first-order chi connectivity index (χ1) is 10.2. The second-order valence-electron chi connectivity index (χ2n) is 5.16. The van der Waals surface area contributed by atoms with Gasteiger partial charge in [-0.2, -0.15) is 0 Å². The molecule has 2 N–H and O–H groups in total. The van der Waals surface area contributed by atoms with Crippen LogP contribution in [0.1, 0.15) is 30.6 Å². The molecule has 2 atom stereocenters. The van der Waals surface area contributed by atoms with Crippen LogP contribution in [-0.4, -0.2) is 17.6 Å². The maximum Gasteiger partial charge on any atom is 0.123 e. The number of pyridine rings is 1. The molecule has 0 aliphatic heterocycles. The number of rotatable bonds is 7. The van der Waals surface area contributed by atoms with Gasteiger partial charge in [0.1, 0.15) is 5.82 Å². The van der Waals surface area contributed by atoms with Crippen LogP contribution in [0.3, 0.4) is 0 Å². The SMILES string of the molecule is CC(N)C(OCCCc1ccncc1)c1ccc(F)cc1. The van der Waals surface area contributed by atoms with Crippen molar-refractivity contribution in [3.8, 4) is 0 Å². The molecule has 112 valence electrons. The van der Waals surface area contributed by atoms with Crippen molar-refractivity contribution in [2.45, 2.75) is 31.9 Å². The lowest BCUT2D eigenvalue weighted by Crippen LogP contribution is -2.27. The quantitative estimate of drug-likeness (QED) is 0.796. The predicted molar refractivity (Wildman–Crippen MR) is 81.3 cm³/mol. The Bertz CT molecular complexity index is 528. The molecule has 4 heteroatoms. The molecule has 0 saturated heterocycles. The molecule has 0 saturated carbocycles. The molecule has 0 aliphatic carbocycles. The summed E-state index contributed by atoms with van der Waals surface area (Å²) in [6.45, 7) is 2.52. The van der Waals surface area contributed by atoms with E-state index in [-0.39, 0.29) is 18.0 Å². The van der Waals surface area contributed by atoms with Crippen molar-refractivity contribution in [2.75, 3.05) is 6.61 Å². The first-order valence-electron chi connectivity index (χ1n) is 7.18. The molecule has 2 aromatic rings. The van der Waals surface area contributed by atoms with E-state index in [0.717, 1.165) is 18.4 Å². The second-order valence-corrected chi connectivity index (χ2v) is 5.16. The Morgan fingerprint density at radius 1 is 1.14 bits per heavy atom. The van der Waals surface area contributed by atoms with Crippen molar-refractivity contribution in [1.82, 2.24) is 4.98 Å². The highest BCUT2D eigenvalue weighted by molar-refractivity contribution is 5.20. The molecule has 0 fully saturated rings. The maximum atomic E-state index is 13.0. The van der Waals surface area contributed by atoms with Crippen molar-refractivity contribution in [3.63, 3.8) is 0 Å². The highest BCUT2D eigenvalue weighted by Gasteiger charge is 2.16. The standard InChI is InChI=1S/C17H21FN2O/c1-13(19)17(15-4-6-16(18)7-5-15)21-12-2-3-14-8-10-20-11-9-14/h4-11,13,17H,2-3,12,19H2,1H3. The number of hydrogen-bond donors (Lipinski definition) is 1. The third-order valence-electron chi connectivity index (χ3n) is 3.33. The molecular formula is C17H21FN2O. The number of aromatic nitrogens is 1. The molecular weight excluding hydrogens is 267 g/mol. The van der Waals surface area contributed by atoms with Crippen LogP contribution in [0.4, 0.5) is 4.39 Å². The van der Waals surface area contributed by atoms with Gasteiger partial charge in [0.15, 0.2) is 0 Å². The second kappa shape index (κ2) is 7.86. The summed E-state index contributed by atoms with van der Waals surface area (Å²) in [4.78, 5) is 3.99. The molecule has 2 unspecified atom stereocenters. The number of halogens is 1. The zero-order valence-corrected chi connectivity index (χ0v) is 12.2. The zero-order chi connectivity index (χ0) is 15.1. The molecule has 21 heavy (non-hydrogen) atoms. The van der Waals surface area contributed by atoms with Gasteiger partial charge in [-0.05, 0) is 55.2 Å². The normalized spacial score (nSPS) is 13.9. The van der Waals surface area contributed by atoms with E-state index in [2.05, 4.69) is 4.98 Å². The lowest BCUT2D eigenvalue weighted by molar-refractivity contribution is 0.0369. The molecule has 1 aromatic carbocycles. The number of aryl methyl sites for hydroxylation is 1. The topological polar surface area (TPSA) is 48.1 Å². The van der Waals surface area contributed by atoms with Crippen LogP contribution in [0.25, 0.3) is 0 Å². The molecule has 0 aliphatic rings. The third kappa shape index (κ3) is 4.92. The van der Waals surface area contributed by atoms with Crippen LogP contribution >= 0.6 is 0 Å². The van der Waals surface area contributed by atoms with E-state index in [9.17, 15) is 4.39 Å². The van der Waals surface area contributed by atoms with E-state index >= 15 is 0 Å². The first-order valence-corrected chi connectivity index (χ1v) is 7.18. The largest absolute Gasteiger partial charge is 0.372 e. The minimum Gasteiger partial charge on any atom is -0.372 e. The Hall–Kier alpha value is -1.78. The minimum atomic E-state index is -0.250. The fourth-order valence-electron chi connectivity index (χ4n) is 2.24. The summed E-state index contributed by atoms with van der Waals surface area (Å²) in [6.07, 6.45) is 5.23. The minimum absolute atomic E-state index is 0.142. The van der Waals surface area contributed by atoms with Gasteiger partial charge < -0.3 is 10.5 Å². The van der Waals surface area contributed by atoms with Crippen molar-refractivity contribution in [3.05, 3.63) is 65.7 Å². The average Bonchev–Trinajstić information content (AvgIpc) is 2.49. The molecule has 3 nitrogen and oxygen atoms in total. The van der Waals surface area contributed by atoms with Gasteiger partial charge in [-0.25, -0.2) is 4.39 Å². The maximum absolute atomic E-state index is 13.0. The Morgan fingerprint density at radius 2 is 1.81 bits per heavy atom. The first kappa shape index (κ1) is 15.6. The molecule has 0 amide bonds. The van der Waals surface area contributed by atoms with E-state index in [4.69, 9.17) is 10.5 Å². The Kier molecular flexibility index (Phi) is 5.84. The van der Waals surface area contributed by atoms with Crippen LogP contribution in [0.15, 0.2) is 48.8 Å². The zero-order valence-electron chi connectivity index (χ0n) is 12.2. The van der Waals surface area contributed by atoms with Gasteiger partial charge in [-0.15, -0.1) is 0 Å². The third-order valence-corrected chi connectivity index (χ3v) is 3.33. The Balaban J connectivity index is 1.85. The number of ether oxygens (including phenoxy) is 1. The monoisotopic (exact) mass is 288 g/mol. The van der Waals surface area contributed by atoms with Crippen molar-refractivity contribution >= 4 is 0 Å². The van der Waals surface area contributed by atoms with Gasteiger partial charge >= 0.3 is 0 Å². The van der Waals surface area contributed by atoms with E-state index in [0.29, 0.717) is 6.61 Å². The fraction of sp³-hybridized carbons (Fsp3) is 0.353. The van der Waals surface area contributed by atoms with E-state index in [1.165, 1.54) is 17.7 Å². The van der Waals surface area contributed by atoms with E-state index in [1.54, 1.807) is 24.5 Å². The highest BCUT2D eigenvalue weighted by Crippen LogP contribution is 2.21. The Morgan fingerprint density at radius 3 is 2.43 bits per heavy atom. The number of benzene rings is 1. The van der Waals surface area contributed by atoms with Crippen LogP contribution in [0.5, 0.6) is 0 Å². The average molecular weight is 288 g/mol. The van der Waals surface area contributed by atoms with Gasteiger partial charge in [-0.3, -0.25) is 4.98 Å². The number of hydrogen-bond acceptors (Lipinski definition) is 3. The summed E-state index contributed by atoms with van der Waals surface area (Å²) < 4.78 is 18.9. The van der Waals surface area contributed by atoms with Crippen molar-refractivity contribution in [2.24, 2.45) is 5.73 Å². The molecule has 0 radical (unpaired) electrons. The lowest BCUT2D eigenvalue weighted by Gasteiger charge is -2.22. The molecule has 1 heterocycles. The van der Waals surface area contributed by atoms with E-state index in [1.807, 2.05) is 19.1 Å². The fourth-order valence-corrected chi connectivity index (χ4v) is 2.24. The van der Waals surface area contributed by atoms with Gasteiger partial charge in [0.2, 0.25) is 0 Å². The lowest BCUT2D eigenvalue weighted by atomic mass is 10.0. The number of nitrogens with two attached hydrogens (primary N) is 1. The predicted octanol–water partition coefficient (Wildman–Crippen LogP) is 3.26. The smallest absolute Gasteiger partial charge is 0.123 e. The molecule has 0 bridgehead atoms. The van der Waals surface area contributed by atoms with Crippen molar-refractivity contribution in [1.29, 1.82) is 0 Å². The van der Waals surface area contributed by atoms with Crippen LogP contribution in [-0.2, 0) is 11.2 Å². The summed E-state index contributed by atoms with van der Waals surface area (Å²) in [5.74, 6) is -0.250. The summed E-state index contributed by atoms with van der Waals surface area (Å²) >= 11 is 0. The van der Waals surface area contributed by atoms with E-state index < -0.39 is 0 Å². The highest BCUT2D eigenvalue weighted by atomic mass is 19.1. The Labute approximate surface area is 125 Å². The summed E-state index contributed by atoms with van der Waals surface area (Å²) in [5.41, 5.74) is 8.13. The van der Waals surface area contributed by atoms with Crippen LogP contribution in [0.2, 0.25) is 0 Å². The van der Waals surface area contributed by atoms with Gasteiger partial charge in [0.25, 0.3) is 0 Å². The molecule has 0 spiro atoms. The summed E-state index contributed by atoms with van der Waals surface area (Å²) in [7, 11) is 0. The van der Waals surface area contributed by atoms with Gasteiger partial charge in [-0.1, -0.05) is 12.1 Å². The molecule has 1 aromatic heterocycles. The molecule has 2 rings (SSSR count). The summed E-state index contributed by atoms with van der Waals surface area (Å²) in [6, 6.07) is 10.2. The van der Waals surface area contributed by atoms with Crippen LogP contribution in [0, 0.1) is 5.82 Å². The van der Waals surface area contributed by atoms with Crippen molar-refractivity contribution < 1.29 is 9.13 Å². The summed E-state index contributed by atoms with van der Waals surface area (Å²) in [5, 5.41) is 0. The van der Waals surface area contributed by atoms with Crippen LogP contribution < -0.4 is 5.73 Å². The van der Waals surface area contributed by atoms with Gasteiger partial charge in [0.05, 0.1) is 6.10 Å². The van der Waals surface area contributed by atoms with Gasteiger partial charge in [0, 0.05) is 25.0 Å².